The number of carbonyl (C=O) groups is 1. The third kappa shape index (κ3) is 2.67. The van der Waals surface area contributed by atoms with Crippen LogP contribution in [0.2, 0.25) is 0 Å². The molecule has 2 heterocycles. The first-order valence-electron chi connectivity index (χ1n) is 6.69. The number of nitrogens with zero attached hydrogens (tertiary/aromatic N) is 1. The molecule has 0 fully saturated rings. The van der Waals surface area contributed by atoms with Crippen molar-refractivity contribution >= 4 is 29.3 Å². The maximum Gasteiger partial charge on any atom is 0.363 e. The highest BCUT2D eigenvalue weighted by Gasteiger charge is 2.25. The summed E-state index contributed by atoms with van der Waals surface area (Å²) in [5, 5.41) is 1.93. The minimum Gasteiger partial charge on any atom is -0.401 e. The summed E-state index contributed by atoms with van der Waals surface area (Å²) >= 11 is 1.50. The molecule has 0 bridgehead atoms. The lowest BCUT2D eigenvalue weighted by molar-refractivity contribution is -0.129. The van der Waals surface area contributed by atoms with Crippen molar-refractivity contribution in [2.24, 2.45) is 4.99 Å². The molecule has 0 saturated carbocycles. The Hall–Kier alpha value is -2.20. The van der Waals surface area contributed by atoms with Gasteiger partial charge >= 0.3 is 5.97 Å². The summed E-state index contributed by atoms with van der Waals surface area (Å²) in [7, 11) is 0. The Morgan fingerprint density at radius 3 is 2.52 bits per heavy atom. The van der Waals surface area contributed by atoms with Crippen LogP contribution in [0.25, 0.3) is 6.08 Å². The van der Waals surface area contributed by atoms with Gasteiger partial charge in [0.05, 0.1) is 4.88 Å². The molecule has 0 saturated heterocycles. The van der Waals surface area contributed by atoms with Crippen LogP contribution in [-0.2, 0) is 9.53 Å². The summed E-state index contributed by atoms with van der Waals surface area (Å²) in [6.45, 7) is 6.14. The van der Waals surface area contributed by atoms with E-state index in [1.165, 1.54) is 16.9 Å². The van der Waals surface area contributed by atoms with Gasteiger partial charge in [-0.1, -0.05) is 23.8 Å². The monoisotopic (exact) mass is 297 g/mol. The minimum absolute atomic E-state index is 0.355. The molecule has 1 aromatic heterocycles. The van der Waals surface area contributed by atoms with E-state index in [0.717, 1.165) is 21.6 Å². The number of carbonyl (C=O) groups excluding carboxylic acids is 1. The van der Waals surface area contributed by atoms with Crippen molar-refractivity contribution in [3.05, 3.63) is 62.5 Å². The maximum atomic E-state index is 12.0. The first-order chi connectivity index (χ1) is 10.0. The average Bonchev–Trinajstić information content (AvgIpc) is 3.03. The highest BCUT2D eigenvalue weighted by Crippen LogP contribution is 2.24. The van der Waals surface area contributed by atoms with Crippen molar-refractivity contribution in [2.45, 2.75) is 20.8 Å². The number of esters is 1. The Kier molecular flexibility index (Phi) is 3.47. The molecule has 1 aliphatic rings. The number of aryl methyl sites for hydroxylation is 3. The van der Waals surface area contributed by atoms with Gasteiger partial charge in [0, 0.05) is 0 Å². The molecule has 2 aromatic rings. The molecule has 0 aliphatic carbocycles. The van der Waals surface area contributed by atoms with Crippen LogP contribution >= 0.6 is 11.3 Å². The average molecular weight is 297 g/mol. The molecule has 1 aliphatic heterocycles. The fraction of sp³-hybridized carbons (Fsp3) is 0.176. The van der Waals surface area contributed by atoms with Gasteiger partial charge < -0.3 is 4.74 Å². The van der Waals surface area contributed by atoms with E-state index in [1.807, 2.05) is 37.4 Å². The van der Waals surface area contributed by atoms with Crippen LogP contribution in [0, 0.1) is 20.8 Å². The van der Waals surface area contributed by atoms with Crippen LogP contribution in [-0.4, -0.2) is 11.9 Å². The van der Waals surface area contributed by atoms with Crippen molar-refractivity contribution in [3.8, 4) is 0 Å². The number of thiophene rings is 1. The number of hydrogen-bond donors (Lipinski definition) is 0. The largest absolute Gasteiger partial charge is 0.401 e. The molecule has 0 atom stereocenters. The fourth-order valence-electron chi connectivity index (χ4n) is 2.47. The van der Waals surface area contributed by atoms with Crippen molar-refractivity contribution in [1.82, 2.24) is 0 Å². The van der Waals surface area contributed by atoms with E-state index in [9.17, 15) is 4.79 Å². The molecule has 4 heteroatoms. The second-order valence-corrected chi connectivity index (χ2v) is 6.07. The van der Waals surface area contributed by atoms with Gasteiger partial charge in [-0.05, 0) is 55.0 Å². The smallest absolute Gasteiger partial charge is 0.363 e. The molecule has 0 spiro atoms. The van der Waals surface area contributed by atoms with Gasteiger partial charge in [0.1, 0.15) is 0 Å². The number of ether oxygens (including phenoxy) is 1. The summed E-state index contributed by atoms with van der Waals surface area (Å²) in [5.41, 5.74) is 4.86. The highest BCUT2D eigenvalue weighted by molar-refractivity contribution is 7.12. The van der Waals surface area contributed by atoms with Gasteiger partial charge in [-0.2, -0.15) is 0 Å². The zero-order valence-electron chi connectivity index (χ0n) is 12.1. The minimum atomic E-state index is -0.391. The Morgan fingerprint density at radius 1 is 1.19 bits per heavy atom. The maximum absolute atomic E-state index is 12.0. The molecular weight excluding hydrogens is 282 g/mol. The lowest BCUT2D eigenvalue weighted by Gasteiger charge is -2.07. The van der Waals surface area contributed by atoms with E-state index in [2.05, 4.69) is 24.0 Å². The standard InChI is InChI=1S/C17H15NO2S/c1-10-7-11(2)13(12(3)8-10)9-14-17(19)20-16(18-14)15-5-4-6-21-15/h4-9H,1-3H3/b14-9-. The van der Waals surface area contributed by atoms with E-state index in [-0.39, 0.29) is 0 Å². The zero-order chi connectivity index (χ0) is 15.0. The van der Waals surface area contributed by atoms with Crippen molar-refractivity contribution in [3.63, 3.8) is 0 Å². The van der Waals surface area contributed by atoms with Gasteiger partial charge in [-0.25, -0.2) is 9.79 Å². The molecule has 0 amide bonds. The van der Waals surface area contributed by atoms with Gasteiger partial charge in [-0.3, -0.25) is 0 Å². The van der Waals surface area contributed by atoms with Crippen LogP contribution in [0.4, 0.5) is 0 Å². The Balaban J connectivity index is 2.02. The third-order valence-corrected chi connectivity index (χ3v) is 4.23. The van der Waals surface area contributed by atoms with Crippen LogP contribution in [0.3, 0.4) is 0 Å². The van der Waals surface area contributed by atoms with Gasteiger partial charge in [0.2, 0.25) is 5.90 Å². The van der Waals surface area contributed by atoms with E-state index < -0.39 is 5.97 Å². The fourth-order valence-corrected chi connectivity index (χ4v) is 3.12. The summed E-state index contributed by atoms with van der Waals surface area (Å²) in [6.07, 6.45) is 1.81. The lowest BCUT2D eigenvalue weighted by Crippen LogP contribution is -2.03. The van der Waals surface area contributed by atoms with Gasteiger partial charge in [0.15, 0.2) is 5.70 Å². The molecule has 106 valence electrons. The van der Waals surface area contributed by atoms with E-state index in [4.69, 9.17) is 4.74 Å². The number of cyclic esters (lactones) is 1. The van der Waals surface area contributed by atoms with E-state index in [0.29, 0.717) is 11.6 Å². The first-order valence-corrected chi connectivity index (χ1v) is 7.57. The second kappa shape index (κ2) is 5.30. The van der Waals surface area contributed by atoms with Gasteiger partial charge in [-0.15, -0.1) is 11.3 Å². The Labute approximate surface area is 127 Å². The molecule has 3 rings (SSSR count). The number of benzene rings is 1. The summed E-state index contributed by atoms with van der Waals surface area (Å²) in [5.74, 6) is 0.00134. The Morgan fingerprint density at radius 2 is 1.90 bits per heavy atom. The molecular formula is C17H15NO2S. The van der Waals surface area contributed by atoms with Crippen molar-refractivity contribution in [1.29, 1.82) is 0 Å². The predicted octanol–water partition coefficient (Wildman–Crippen LogP) is 4.02. The zero-order valence-corrected chi connectivity index (χ0v) is 13.0. The van der Waals surface area contributed by atoms with Crippen LogP contribution < -0.4 is 0 Å². The normalized spacial score (nSPS) is 16.2. The number of aliphatic imine (C=N–C) groups is 1. The molecule has 3 nitrogen and oxygen atoms in total. The highest BCUT2D eigenvalue weighted by atomic mass is 32.1. The summed E-state index contributed by atoms with van der Waals surface area (Å²) in [4.78, 5) is 17.2. The molecule has 1 aromatic carbocycles. The van der Waals surface area contributed by atoms with Crippen LogP contribution in [0.1, 0.15) is 27.1 Å². The number of rotatable bonds is 2. The third-order valence-electron chi connectivity index (χ3n) is 3.37. The SMILES string of the molecule is Cc1cc(C)c(/C=C2\N=C(c3cccs3)OC2=O)c(C)c1. The van der Waals surface area contributed by atoms with E-state index in [1.54, 1.807) is 0 Å². The summed E-state index contributed by atoms with van der Waals surface area (Å²) in [6, 6.07) is 8.00. The van der Waals surface area contributed by atoms with Crippen molar-refractivity contribution < 1.29 is 9.53 Å². The molecule has 0 radical (unpaired) electrons. The Bertz CT molecular complexity index is 747. The quantitative estimate of drug-likeness (QED) is 0.620. The second-order valence-electron chi connectivity index (χ2n) is 5.13. The first kappa shape index (κ1) is 13.8. The van der Waals surface area contributed by atoms with E-state index >= 15 is 0 Å². The topological polar surface area (TPSA) is 38.7 Å². The molecule has 0 unspecified atom stereocenters. The molecule has 21 heavy (non-hydrogen) atoms. The summed E-state index contributed by atoms with van der Waals surface area (Å²) < 4.78 is 5.25. The predicted molar refractivity (Wildman–Crippen MR) is 85.6 cm³/mol. The molecule has 0 N–H and O–H groups in total. The van der Waals surface area contributed by atoms with Crippen LogP contribution in [0.15, 0.2) is 40.3 Å². The van der Waals surface area contributed by atoms with Crippen LogP contribution in [0.5, 0.6) is 0 Å². The number of hydrogen-bond acceptors (Lipinski definition) is 4. The van der Waals surface area contributed by atoms with Gasteiger partial charge in [0.25, 0.3) is 0 Å². The lowest BCUT2D eigenvalue weighted by atomic mass is 9.99. The van der Waals surface area contributed by atoms with Crippen molar-refractivity contribution in [2.75, 3.05) is 0 Å².